The summed E-state index contributed by atoms with van der Waals surface area (Å²) in [5.74, 6) is -0.972. The maximum absolute atomic E-state index is 12.8. The van der Waals surface area contributed by atoms with Crippen LogP contribution in [0.2, 0.25) is 0 Å². The Morgan fingerprint density at radius 2 is 1.88 bits per heavy atom. The molecule has 1 aliphatic heterocycles. The molecular weight excluding hydrogens is 452 g/mol. The van der Waals surface area contributed by atoms with Crippen LogP contribution < -0.4 is 5.32 Å². The highest BCUT2D eigenvalue weighted by atomic mass is 32.2. The number of nitrogens with zero attached hydrogens (tertiary/aromatic N) is 1. The molecule has 1 fully saturated rings. The van der Waals surface area contributed by atoms with Gasteiger partial charge in [-0.1, -0.05) is 24.3 Å². The summed E-state index contributed by atoms with van der Waals surface area (Å²) in [5, 5.41) is 2.61. The molecule has 1 aliphatic rings. The van der Waals surface area contributed by atoms with Crippen LogP contribution in [0.1, 0.15) is 12.5 Å². The van der Waals surface area contributed by atoms with Gasteiger partial charge in [-0.2, -0.15) is 4.31 Å². The van der Waals surface area contributed by atoms with Gasteiger partial charge in [-0.3, -0.25) is 9.59 Å². The number of carbonyl (C=O) groups excluding carboxylic acids is 2. The molecule has 0 aliphatic carbocycles. The number of sulfonamides is 1. The smallest absolute Gasteiger partial charge is 0.317 e. The van der Waals surface area contributed by atoms with Gasteiger partial charge in [0.15, 0.2) is 6.10 Å². The minimum atomic E-state index is -3.68. The number of morpholine rings is 1. The molecule has 32 heavy (non-hydrogen) atoms. The van der Waals surface area contributed by atoms with E-state index in [9.17, 15) is 18.0 Å². The predicted molar refractivity (Wildman–Crippen MR) is 122 cm³/mol. The third-order valence-corrected chi connectivity index (χ3v) is 7.87. The number of rotatable bonds is 8. The Labute approximate surface area is 192 Å². The fraction of sp³-hybridized carbons (Fsp3) is 0.364. The molecular formula is C22H26N2O6S2. The highest BCUT2D eigenvalue weighted by Crippen LogP contribution is 2.23. The highest BCUT2D eigenvalue weighted by molar-refractivity contribution is 8.00. The van der Waals surface area contributed by atoms with E-state index in [1.807, 2.05) is 31.2 Å². The number of thioether (sulfide) groups is 1. The second kappa shape index (κ2) is 11.0. The lowest BCUT2D eigenvalue weighted by Gasteiger charge is -2.26. The summed E-state index contributed by atoms with van der Waals surface area (Å²) in [5.41, 5.74) is 1.37. The molecule has 0 spiro atoms. The minimum absolute atomic E-state index is 0.0791. The summed E-state index contributed by atoms with van der Waals surface area (Å²) in [4.78, 5) is 25.7. The van der Waals surface area contributed by atoms with Gasteiger partial charge in [0, 0.05) is 23.7 Å². The van der Waals surface area contributed by atoms with Gasteiger partial charge in [0.2, 0.25) is 10.0 Å². The summed E-state index contributed by atoms with van der Waals surface area (Å²) in [6, 6.07) is 13.7. The molecule has 172 valence electrons. The first-order valence-electron chi connectivity index (χ1n) is 10.1. The summed E-state index contributed by atoms with van der Waals surface area (Å²) < 4.78 is 37.4. The highest BCUT2D eigenvalue weighted by Gasteiger charge is 2.27. The van der Waals surface area contributed by atoms with Crippen LogP contribution in [0.5, 0.6) is 0 Å². The van der Waals surface area contributed by atoms with Crippen LogP contribution in [-0.2, 0) is 29.1 Å². The molecule has 10 heteroatoms. The molecule has 0 aromatic heterocycles. The zero-order valence-corrected chi connectivity index (χ0v) is 19.6. The summed E-state index contributed by atoms with van der Waals surface area (Å²) in [7, 11) is -3.68. The summed E-state index contributed by atoms with van der Waals surface area (Å²) >= 11 is 1.34. The van der Waals surface area contributed by atoms with E-state index in [1.165, 1.54) is 35.1 Å². The Kier molecular flexibility index (Phi) is 8.30. The molecule has 1 unspecified atom stereocenters. The van der Waals surface area contributed by atoms with Crippen LogP contribution in [0, 0.1) is 6.92 Å². The van der Waals surface area contributed by atoms with Crippen molar-refractivity contribution < 1.29 is 27.5 Å². The van der Waals surface area contributed by atoms with Crippen molar-refractivity contribution in [3.05, 3.63) is 54.1 Å². The Balaban J connectivity index is 1.56. The lowest BCUT2D eigenvalue weighted by atomic mass is 10.2. The molecule has 1 N–H and O–H groups in total. The first kappa shape index (κ1) is 24.2. The molecule has 0 saturated carbocycles. The van der Waals surface area contributed by atoms with Crippen molar-refractivity contribution in [2.24, 2.45) is 0 Å². The van der Waals surface area contributed by atoms with E-state index >= 15 is 0 Å². The zero-order valence-electron chi connectivity index (χ0n) is 17.9. The van der Waals surface area contributed by atoms with Gasteiger partial charge in [-0.05, 0) is 43.7 Å². The lowest BCUT2D eigenvalue weighted by molar-refractivity contribution is -0.150. The van der Waals surface area contributed by atoms with Crippen molar-refractivity contribution in [1.29, 1.82) is 0 Å². The fourth-order valence-corrected chi connectivity index (χ4v) is 5.32. The Hall–Kier alpha value is -2.40. The van der Waals surface area contributed by atoms with Crippen LogP contribution in [0.15, 0.2) is 58.3 Å². The number of amides is 1. The molecule has 1 amide bonds. The number of hydrogen-bond acceptors (Lipinski definition) is 7. The van der Waals surface area contributed by atoms with Gasteiger partial charge in [0.05, 0.1) is 23.9 Å². The largest absolute Gasteiger partial charge is 0.452 e. The van der Waals surface area contributed by atoms with Crippen LogP contribution in [0.25, 0.3) is 0 Å². The van der Waals surface area contributed by atoms with E-state index in [1.54, 1.807) is 12.1 Å². The van der Waals surface area contributed by atoms with Gasteiger partial charge < -0.3 is 14.8 Å². The van der Waals surface area contributed by atoms with Crippen LogP contribution in [0.3, 0.4) is 0 Å². The molecule has 1 atom stereocenters. The van der Waals surface area contributed by atoms with E-state index < -0.39 is 28.0 Å². The Morgan fingerprint density at radius 1 is 1.16 bits per heavy atom. The van der Waals surface area contributed by atoms with Gasteiger partial charge in [-0.15, -0.1) is 11.8 Å². The number of aryl methyl sites for hydroxylation is 1. The number of benzene rings is 2. The van der Waals surface area contributed by atoms with Crippen molar-refractivity contribution in [3.8, 4) is 0 Å². The Bertz CT molecular complexity index is 1070. The zero-order chi connectivity index (χ0) is 23.1. The summed E-state index contributed by atoms with van der Waals surface area (Å²) in [6.45, 7) is 4.69. The summed E-state index contributed by atoms with van der Waals surface area (Å²) in [6.07, 6.45) is -1.03. The molecule has 3 rings (SSSR count). The number of anilines is 1. The van der Waals surface area contributed by atoms with Gasteiger partial charge in [0.25, 0.3) is 5.91 Å². The lowest BCUT2D eigenvalue weighted by Crippen LogP contribution is -2.40. The van der Waals surface area contributed by atoms with Crippen molar-refractivity contribution >= 4 is 39.3 Å². The molecule has 0 radical (unpaired) electrons. The Morgan fingerprint density at radius 3 is 2.59 bits per heavy atom. The van der Waals surface area contributed by atoms with E-state index in [2.05, 4.69) is 5.32 Å². The SMILES string of the molecule is Cc1ccccc1SCC(=O)OC(C)C(=O)Nc1cccc(S(=O)(=O)N2CCOCC2)c1. The van der Waals surface area contributed by atoms with E-state index in [0.29, 0.717) is 18.9 Å². The number of esters is 1. The second-order valence-electron chi connectivity index (χ2n) is 7.22. The average Bonchev–Trinajstić information content (AvgIpc) is 2.79. The number of ether oxygens (including phenoxy) is 2. The number of nitrogens with one attached hydrogen (secondary N) is 1. The van der Waals surface area contributed by atoms with E-state index in [0.717, 1.165) is 10.5 Å². The van der Waals surface area contributed by atoms with Crippen molar-refractivity contribution in [2.45, 2.75) is 29.7 Å². The number of hydrogen-bond donors (Lipinski definition) is 1. The quantitative estimate of drug-likeness (QED) is 0.460. The maximum Gasteiger partial charge on any atom is 0.317 e. The van der Waals surface area contributed by atoms with Crippen LogP contribution in [-0.4, -0.2) is 62.8 Å². The molecule has 8 nitrogen and oxygen atoms in total. The maximum atomic E-state index is 12.8. The predicted octanol–water partition coefficient (Wildman–Crippen LogP) is 2.68. The van der Waals surface area contributed by atoms with E-state index in [-0.39, 0.29) is 23.7 Å². The standard InChI is InChI=1S/C22H26N2O6S2/c1-16-6-3-4-9-20(16)31-15-21(25)30-17(2)22(26)23-18-7-5-8-19(14-18)32(27,28)24-10-12-29-13-11-24/h3-9,14,17H,10-13,15H2,1-2H3,(H,23,26). The topological polar surface area (TPSA) is 102 Å². The normalized spacial score (nSPS) is 15.7. The first-order chi connectivity index (χ1) is 15.3. The van der Waals surface area contributed by atoms with Crippen LogP contribution in [0.4, 0.5) is 5.69 Å². The second-order valence-corrected chi connectivity index (χ2v) is 10.2. The average molecular weight is 479 g/mol. The molecule has 2 aromatic rings. The monoisotopic (exact) mass is 478 g/mol. The third-order valence-electron chi connectivity index (χ3n) is 4.83. The fourth-order valence-electron chi connectivity index (χ4n) is 3.05. The first-order valence-corrected chi connectivity index (χ1v) is 12.6. The molecule has 0 bridgehead atoms. The van der Waals surface area contributed by atoms with Gasteiger partial charge >= 0.3 is 5.97 Å². The minimum Gasteiger partial charge on any atom is -0.452 e. The van der Waals surface area contributed by atoms with Gasteiger partial charge in [0.1, 0.15) is 0 Å². The van der Waals surface area contributed by atoms with Crippen LogP contribution >= 0.6 is 11.8 Å². The van der Waals surface area contributed by atoms with Crippen molar-refractivity contribution in [1.82, 2.24) is 4.31 Å². The molecule has 2 aromatic carbocycles. The third kappa shape index (κ3) is 6.32. The number of carbonyl (C=O) groups is 2. The molecule has 1 heterocycles. The van der Waals surface area contributed by atoms with E-state index in [4.69, 9.17) is 9.47 Å². The van der Waals surface area contributed by atoms with Gasteiger partial charge in [-0.25, -0.2) is 8.42 Å². The van der Waals surface area contributed by atoms with Crippen molar-refractivity contribution in [3.63, 3.8) is 0 Å². The molecule has 1 saturated heterocycles. The van der Waals surface area contributed by atoms with Crippen molar-refractivity contribution in [2.75, 3.05) is 37.4 Å².